The number of fused-ring (bicyclic) bond motifs is 6. The molecule has 6 aromatic rings. The summed E-state index contributed by atoms with van der Waals surface area (Å²) in [6.07, 6.45) is 20.2. The molecule has 0 aliphatic heterocycles. The minimum absolute atomic E-state index is 0. The van der Waals surface area contributed by atoms with Crippen molar-refractivity contribution in [2.75, 3.05) is 53.6 Å². The van der Waals surface area contributed by atoms with Crippen molar-refractivity contribution in [1.82, 2.24) is 50.0 Å². The number of nitrogens with zero attached hydrogens (tertiary/aromatic N) is 8. The van der Waals surface area contributed by atoms with E-state index < -0.39 is 64.3 Å². The van der Waals surface area contributed by atoms with Gasteiger partial charge in [-0.1, -0.05) is 71.3 Å². The van der Waals surface area contributed by atoms with Crippen molar-refractivity contribution in [1.29, 1.82) is 0 Å². The second-order valence-corrected chi connectivity index (χ2v) is 43.6. The van der Waals surface area contributed by atoms with Crippen molar-refractivity contribution < 1.29 is 79.0 Å². The summed E-state index contributed by atoms with van der Waals surface area (Å²) in [5.74, 6) is -0.904. The zero-order valence-corrected chi connectivity index (χ0v) is 64.6. The van der Waals surface area contributed by atoms with E-state index in [-0.39, 0.29) is 88.3 Å². The number of anilines is 6. The van der Waals surface area contributed by atoms with E-state index in [2.05, 4.69) is 114 Å². The van der Waals surface area contributed by atoms with Crippen molar-refractivity contribution in [2.45, 2.75) is 223 Å². The van der Waals surface area contributed by atoms with Crippen LogP contribution in [0.1, 0.15) is 132 Å². The summed E-state index contributed by atoms with van der Waals surface area (Å²) in [6, 6.07) is 9.10. The Morgan fingerprint density at radius 2 is 0.979 bits per heavy atom. The normalized spacial score (nSPS) is 15.2. The number of nitrogens with one attached hydrogen (secondary N) is 5. The molecule has 518 valence electrons. The number of ketones is 2. The maximum absolute atomic E-state index is 12.8. The van der Waals surface area contributed by atoms with Crippen LogP contribution >= 0.6 is 11.6 Å². The Morgan fingerprint density at radius 1 is 0.583 bits per heavy atom. The molecule has 5 N–H and O–H groups in total. The molecule has 6 aliphatic rings. The quantitative estimate of drug-likeness (QED) is 0.0160. The van der Waals surface area contributed by atoms with E-state index in [1.165, 1.54) is 83.2 Å². The number of rotatable bonds is 26. The van der Waals surface area contributed by atoms with E-state index >= 15 is 0 Å². The molecule has 0 radical (unpaired) electrons. The maximum Gasteiger partial charge on any atom is 1.00 e. The van der Waals surface area contributed by atoms with Crippen molar-refractivity contribution >= 4 is 111 Å². The summed E-state index contributed by atoms with van der Waals surface area (Å²) >= 11 is 2.62. The number of ether oxygens (including phenoxy) is 2. The van der Waals surface area contributed by atoms with Gasteiger partial charge in [-0.15, -0.1) is 26.9 Å². The number of aryl methyl sites for hydroxylation is 6. The number of aromatic amines is 1. The van der Waals surface area contributed by atoms with Crippen LogP contribution in [0.4, 0.5) is 34.9 Å². The number of alkyl halides is 1. The Labute approximate surface area is 596 Å². The van der Waals surface area contributed by atoms with Crippen LogP contribution in [-0.2, 0) is 145 Å². The number of halogens is 1. The van der Waals surface area contributed by atoms with Crippen molar-refractivity contribution in [2.24, 2.45) is 0 Å². The summed E-state index contributed by atoms with van der Waals surface area (Å²) < 4.78 is 87.7. The molecule has 1 unspecified atom stereocenters. The van der Waals surface area contributed by atoms with Gasteiger partial charge in [-0.2, -0.15) is 15.0 Å². The third-order valence-corrected chi connectivity index (χ3v) is 25.0. The number of carbonyl (C=O) groups excluding carboxylic acids is 3. The summed E-state index contributed by atoms with van der Waals surface area (Å²) in [7, 11) is -8.83. The first-order valence-electron chi connectivity index (χ1n) is 33.3. The number of carbonyl (C=O) groups is 3. The fraction of sp³-hybridized carbons (Fsp3) is 0.585. The molecule has 96 heavy (non-hydrogen) atoms. The summed E-state index contributed by atoms with van der Waals surface area (Å²) in [6.45, 7) is 18.7. The largest absolute Gasteiger partial charge is 1.00 e. The second kappa shape index (κ2) is 33.9. The summed E-state index contributed by atoms with van der Waals surface area (Å²) in [5.41, 5.74) is 19.5. The van der Waals surface area contributed by atoms with Crippen LogP contribution < -0.4 is 50.8 Å². The van der Waals surface area contributed by atoms with Crippen LogP contribution in [0.5, 0.6) is 0 Å². The van der Waals surface area contributed by atoms with E-state index in [4.69, 9.17) is 21.1 Å². The Hall–Kier alpha value is -5.06. The minimum Gasteiger partial charge on any atom is -0.766 e. The van der Waals surface area contributed by atoms with Crippen LogP contribution in [0.25, 0.3) is 0 Å². The van der Waals surface area contributed by atoms with Crippen LogP contribution in [0.15, 0.2) is 33.7 Å². The molecule has 3 heterocycles. The Kier molecular flexibility index (Phi) is 27.1. The molecule has 3 aromatic carbocycles. The number of hydrogen-bond donors (Lipinski definition) is 5. The molecule has 0 fully saturated rings. The van der Waals surface area contributed by atoms with Crippen LogP contribution in [0.2, 0.25) is 51.4 Å². The fourth-order valence-corrected chi connectivity index (χ4v) is 17.0. The Bertz CT molecular complexity index is 3960. The third-order valence-electron chi connectivity index (χ3n) is 17.9. The second-order valence-electron chi connectivity index (χ2n) is 27.5. The van der Waals surface area contributed by atoms with Crippen molar-refractivity contribution in [3.8, 4) is 0 Å². The van der Waals surface area contributed by atoms with E-state index in [0.717, 1.165) is 145 Å². The molecule has 3 aromatic heterocycles. The average molecular weight is 1440 g/mol. The van der Waals surface area contributed by atoms with E-state index in [1.54, 1.807) is 13.8 Å². The van der Waals surface area contributed by atoms with Gasteiger partial charge in [-0.25, -0.2) is 31.3 Å². The molecule has 6 aliphatic carbocycles. The van der Waals surface area contributed by atoms with E-state index in [0.29, 0.717) is 31.5 Å². The molecule has 24 nitrogen and oxygen atoms in total. The van der Waals surface area contributed by atoms with Crippen LogP contribution in [0, 0.1) is 0 Å². The first-order chi connectivity index (χ1) is 45.2. The van der Waals surface area contributed by atoms with Gasteiger partial charge < -0.3 is 35.3 Å². The number of Topliss-reactive ketones (excluding diaryl/α,β-unsaturated/α-hetero) is 2. The third kappa shape index (κ3) is 19.9. The van der Waals surface area contributed by atoms with Crippen LogP contribution in [-0.4, -0.2) is 142 Å². The van der Waals surface area contributed by atoms with Gasteiger partial charge >= 0.3 is 29.6 Å². The molecule has 0 saturated carbocycles. The van der Waals surface area contributed by atoms with Gasteiger partial charge in [-0.05, 0) is 194 Å². The number of sulfone groups is 2. The monoisotopic (exact) mass is 1440 g/mol. The van der Waals surface area contributed by atoms with Gasteiger partial charge in [0, 0.05) is 77.4 Å². The first kappa shape index (κ1) is 76.7. The molecule has 1 atom stereocenters. The standard InChI is InChI=1S/C24H36N4O4SSi.C20H30N4O3SSi.C17H21N5O3S.C4H7ClO.Na/c1-5-19(29)15-33(30,31)24-26-23(28(27-24)16-32-12-13-34(2,3)4)25-22-20-10-6-8-17(20)14-18-9-7-11-21(18)22;1-29(2,3)11-10-27-13-24-19(22-20(23-24)28(25)26)21-18-16-8-4-6-14(16)12-15-7-5-9-17(15)18;1-18-14(23)9-26(24,25)17-20-16(21-22-17)19-15-12-6-2-4-10(12)8-11-5-3-7-13(11)15;1-2-4(6)3-5;/h14H,5-13,15-16H2,1-4H3,(H,25,26,27);12H,4-11,13H2,1-3H3,(H,25,26)(H,21,22,23);8H,2-7,9H2,1H3,(H,18,23)(H2,19,20,21,22);2-3H2,1H3;/q;;;;+1/p-1. The molecule has 0 saturated heterocycles. The van der Waals surface area contributed by atoms with E-state index in [9.17, 15) is 40.0 Å². The molecule has 1 amide bonds. The predicted octanol–water partition coefficient (Wildman–Crippen LogP) is 6.87. The number of amides is 1. The van der Waals surface area contributed by atoms with Crippen molar-refractivity contribution in [3.05, 3.63) is 85.0 Å². The summed E-state index contributed by atoms with van der Waals surface area (Å²) in [5, 5.41) is 26.5. The predicted molar refractivity (Wildman–Crippen MR) is 373 cm³/mol. The topological polar surface area (TPSA) is 329 Å². The van der Waals surface area contributed by atoms with Gasteiger partial charge in [0.05, 0.1) is 5.88 Å². The molecule has 31 heteroatoms. The van der Waals surface area contributed by atoms with Crippen molar-refractivity contribution in [3.63, 3.8) is 0 Å². The minimum atomic E-state index is -3.92. The Morgan fingerprint density at radius 3 is 1.34 bits per heavy atom. The molecular formula is C65H93ClN13NaO11S3Si2. The van der Waals surface area contributed by atoms with E-state index in [1.807, 2.05) is 0 Å². The van der Waals surface area contributed by atoms with Crippen LogP contribution in [0.3, 0.4) is 0 Å². The molecule has 0 spiro atoms. The van der Waals surface area contributed by atoms with Gasteiger partial charge in [0.15, 0.2) is 0 Å². The molecular weight excluding hydrogens is 1350 g/mol. The molecule has 0 bridgehead atoms. The maximum atomic E-state index is 12.8. The van der Waals surface area contributed by atoms with Gasteiger partial charge in [0.1, 0.15) is 36.5 Å². The first-order valence-corrected chi connectivity index (χ1v) is 45.6. The number of hydrogen-bond acceptors (Lipinski definition) is 20. The smallest absolute Gasteiger partial charge is 0.766 e. The fourth-order valence-electron chi connectivity index (χ4n) is 12.7. The van der Waals surface area contributed by atoms with Gasteiger partial charge in [0.2, 0.25) is 53.7 Å². The van der Waals surface area contributed by atoms with Gasteiger partial charge in [0.25, 0.3) is 5.16 Å². The Balaban J connectivity index is 0.000000177. The number of benzene rings is 3. The molecule has 12 rings (SSSR count). The number of aromatic nitrogens is 9. The van der Waals surface area contributed by atoms with Gasteiger partial charge in [-0.3, -0.25) is 18.6 Å². The SMILES string of the molecule is CCC(=O)CCl.CCC(=O)CS(=O)(=O)c1nc(Nc2c3c(cc4c2CCC4)CCC3)n(COCC[Si](C)(C)C)n1.CNC(=O)CS(=O)(=O)c1nc(Nc2c3c(cc4c2CCC4)CCC3)n[nH]1.C[Si](C)(C)CCOCn1nc(S(=O)[O-])nc1Nc1c2c(cc3c1CCC3)CCC2.[Na+]. The summed E-state index contributed by atoms with van der Waals surface area (Å²) in [4.78, 5) is 46.0. The number of H-pyrrole nitrogens is 1. The average Bonchev–Trinajstić information content (AvgIpc) is 1.62. The zero-order valence-electron chi connectivity index (χ0n) is 57.4. The zero-order chi connectivity index (χ0) is 68.4.